The Labute approximate surface area is 635 Å². The summed E-state index contributed by atoms with van der Waals surface area (Å²) < 4.78 is 34.7. The first-order chi connectivity index (χ1) is 51.6. The van der Waals surface area contributed by atoms with E-state index in [4.69, 9.17) is 81.7 Å². The third kappa shape index (κ3) is 61.6. The minimum atomic E-state index is -5.27. The van der Waals surface area contributed by atoms with Crippen molar-refractivity contribution in [1.82, 2.24) is 21.3 Å². The zero-order chi connectivity index (χ0) is 92.4. The Morgan fingerprint density at radius 3 is 0.789 bits per heavy atom. The number of benzene rings is 2. The van der Waals surface area contributed by atoms with E-state index in [0.717, 1.165) is 46.9 Å². The van der Waals surface area contributed by atoms with Gasteiger partial charge in [0.05, 0.1) is 11.1 Å². The fourth-order valence-corrected chi connectivity index (χ4v) is 5.27. The topological polar surface area (TPSA) is 868 Å². The van der Waals surface area contributed by atoms with Gasteiger partial charge in [0.1, 0.15) is 5.57 Å². The summed E-state index contributed by atoms with van der Waals surface area (Å²) in [6.45, 7) is 12.9. The number of imide groups is 4. The van der Waals surface area contributed by atoms with E-state index in [1.165, 1.54) is 55.6 Å². The van der Waals surface area contributed by atoms with Crippen molar-refractivity contribution in [3.8, 4) is 0 Å². The minimum absolute atomic E-state index is 0.190. The van der Waals surface area contributed by atoms with Crippen LogP contribution in [0.5, 0.6) is 0 Å². The molecule has 0 aromatic heterocycles. The SMILES string of the molecule is CC(=O)NC(=O)C(=O)NC(=O)C(F)(F)F.CC(=O)NC(=O)C(=O)NC(C)=O.CC(C(=O)O)C(=O)O.CC(C)(C(=O)O)C(=O)O.CC(C)=C(C(=O)O)C(=O)O.CCCC(CCC)(C(=O)O)C(=O)O.NC(=O)C(N)=O.O=C(O)/C=C/C(=O)O.O=C(O)/C=C\C(=O)O.O=C(O)C(C(=O)O)c1ccccc1.O=C(O)c1ccccc1C(=O)O. The molecule has 114 heavy (non-hydrogen) atoms. The highest BCUT2D eigenvalue weighted by Gasteiger charge is 2.45. The standard InChI is InChI=1S/C9H8O4.C9H16O4.C8H6O4.C6H5F3N2O4.C6H8N2O4.C6H8O4.C5H8O4.C4H6O4.2C4H4O4.C2H4N2O2/c10-8(11)7(9(12)13)6-4-2-1-3-5-6;1-3-5-9(6-4-2,7(10)11)8(12)13;9-7(10)5-3-1-2-4-6(5)8(11)12;1-2(12)10-3(13)4(14)11-5(15)6(7,8)9;1-3(9)7-5(11)6(12)8-4(2)10;1-3(2)4(5(7)8)6(9)10;1-5(2,3(6)7)4(8)9;1-2(3(5)6)4(7)8;2*5-3(6)1-2-4(7)8;3-1(5)2(4)6/h1-5,7H,(H,10,11)(H,12,13);3-6H2,1-2H3,(H,10,11)(H,12,13);1-4H,(H,9,10)(H,11,12);1H3,(H,10,12,13)(H,11,14,15);1-2H3,(H,7,9,11)(H,8,10,12);1-2H3,(H,7,8)(H,9,10);1-2H3,(H,6,7)(H,8,9);2H,1H3,(H,5,6)(H,7,8);2*1-2H,(H,5,6)(H,7,8);(H2,3,5)(H2,4,6)/b;;;;;;;;2-1+;2-1-;. The second-order valence-electron chi connectivity index (χ2n) is 20.5. The first kappa shape index (κ1) is 117. The molecule has 0 bridgehead atoms. The quantitative estimate of drug-likeness (QED) is 0.0301. The number of hydrogen-bond donors (Lipinski definition) is 22. The summed E-state index contributed by atoms with van der Waals surface area (Å²) in [6.07, 6.45) is -1.50. The third-order valence-corrected chi connectivity index (χ3v) is 10.7. The van der Waals surface area contributed by atoms with Crippen LogP contribution in [-0.4, -0.2) is 242 Å². The van der Waals surface area contributed by atoms with Gasteiger partial charge in [0.2, 0.25) is 17.7 Å². The molecule has 10 amide bonds. The lowest BCUT2D eigenvalue weighted by Crippen LogP contribution is -2.48. The molecule has 0 heterocycles. The predicted octanol–water partition coefficient (Wildman–Crippen LogP) is -1.22. The van der Waals surface area contributed by atoms with E-state index >= 15 is 0 Å². The van der Waals surface area contributed by atoms with E-state index in [0.29, 0.717) is 42.7 Å². The summed E-state index contributed by atoms with van der Waals surface area (Å²) in [6, 6.07) is 13.3. The molecule has 0 radical (unpaired) electrons. The number of alkyl halides is 3. The van der Waals surface area contributed by atoms with E-state index in [1.807, 2.05) is 0 Å². The van der Waals surface area contributed by atoms with Gasteiger partial charge in [-0.3, -0.25) is 108 Å². The summed E-state index contributed by atoms with van der Waals surface area (Å²) in [4.78, 5) is 264. The Morgan fingerprint density at radius 2 is 0.649 bits per heavy atom. The number of halogens is 3. The molecule has 48 nitrogen and oxygen atoms in total. The molecule has 2 rings (SSSR count). The van der Waals surface area contributed by atoms with Gasteiger partial charge >= 0.3 is 143 Å². The molecule has 0 aliphatic rings. The molecule has 0 unspecified atom stereocenters. The number of allylic oxidation sites excluding steroid dienone is 1. The summed E-state index contributed by atoms with van der Waals surface area (Å²) in [5.41, 5.74) is 5.05. The van der Waals surface area contributed by atoms with Gasteiger partial charge in [-0.15, -0.1) is 0 Å². The number of carboxylic acids is 16. The van der Waals surface area contributed by atoms with Crippen molar-refractivity contribution in [1.29, 1.82) is 0 Å². The van der Waals surface area contributed by atoms with Crippen LogP contribution in [0.25, 0.3) is 0 Å². The van der Waals surface area contributed by atoms with Crippen molar-refractivity contribution in [2.24, 2.45) is 28.2 Å². The molecule has 632 valence electrons. The first-order valence-corrected chi connectivity index (χ1v) is 29.5. The van der Waals surface area contributed by atoms with Crippen LogP contribution in [0.1, 0.15) is 127 Å². The molecule has 0 spiro atoms. The average Bonchev–Trinajstić information content (AvgIpc) is 0.833. The number of primary amides is 2. The molecule has 0 aliphatic carbocycles. The van der Waals surface area contributed by atoms with Crippen molar-refractivity contribution in [3.63, 3.8) is 0 Å². The maximum Gasteiger partial charge on any atom is 0.471 e. The van der Waals surface area contributed by atoms with E-state index in [2.05, 4.69) is 11.5 Å². The second-order valence-corrected chi connectivity index (χ2v) is 20.5. The molecule has 2 aromatic rings. The van der Waals surface area contributed by atoms with Gasteiger partial charge in [0, 0.05) is 45.1 Å². The molecule has 0 saturated carbocycles. The predicted molar refractivity (Wildman–Crippen MR) is 362 cm³/mol. The zero-order valence-corrected chi connectivity index (χ0v) is 60.5. The number of carbonyl (C=O) groups is 26. The molecule has 0 atom stereocenters. The van der Waals surface area contributed by atoms with Crippen LogP contribution in [0, 0.1) is 16.7 Å². The molecule has 24 N–H and O–H groups in total. The van der Waals surface area contributed by atoms with Crippen LogP contribution in [0.4, 0.5) is 13.2 Å². The highest BCUT2D eigenvalue weighted by atomic mass is 19.4. The largest absolute Gasteiger partial charge is 0.481 e. The Morgan fingerprint density at radius 1 is 0.395 bits per heavy atom. The summed E-state index contributed by atoms with van der Waals surface area (Å²) in [5.74, 6) is -36.2. The van der Waals surface area contributed by atoms with E-state index in [9.17, 15) is 138 Å². The number of rotatable bonds is 21. The Bertz CT molecular complexity index is 3730. The van der Waals surface area contributed by atoms with Gasteiger partial charge < -0.3 is 93.2 Å². The van der Waals surface area contributed by atoms with Crippen LogP contribution < -0.4 is 32.7 Å². The summed E-state index contributed by atoms with van der Waals surface area (Å²) in [5, 5.41) is 138. The van der Waals surface area contributed by atoms with Gasteiger partial charge in [-0.2, -0.15) is 13.2 Å². The fourth-order valence-electron chi connectivity index (χ4n) is 5.27. The molecular weight excluding hydrogens is 1570 g/mol. The fraction of sp³-hybridized carbons (Fsp3) is 0.302. The van der Waals surface area contributed by atoms with Gasteiger partial charge in [-0.05, 0) is 65.2 Å². The molecule has 0 aliphatic heterocycles. The zero-order valence-electron chi connectivity index (χ0n) is 60.5. The maximum absolute atomic E-state index is 11.6. The maximum atomic E-state index is 11.6. The van der Waals surface area contributed by atoms with E-state index in [-0.39, 0.29) is 29.5 Å². The lowest BCUT2D eigenvalue weighted by atomic mass is 9.79. The van der Waals surface area contributed by atoms with E-state index in [1.54, 1.807) is 42.7 Å². The smallest absolute Gasteiger partial charge is 0.471 e. The van der Waals surface area contributed by atoms with Crippen LogP contribution >= 0.6 is 0 Å². The van der Waals surface area contributed by atoms with E-state index < -0.39 is 189 Å². The van der Waals surface area contributed by atoms with Crippen molar-refractivity contribution in [2.75, 3.05) is 0 Å². The number of aromatic carboxylic acids is 2. The van der Waals surface area contributed by atoms with Gasteiger partial charge in [0.15, 0.2) is 22.7 Å². The van der Waals surface area contributed by atoms with Gasteiger partial charge in [0.25, 0.3) is 0 Å². The van der Waals surface area contributed by atoms with Crippen molar-refractivity contribution in [2.45, 2.75) is 107 Å². The molecule has 0 saturated heterocycles. The monoisotopic (exact) mass is 1650 g/mol. The summed E-state index contributed by atoms with van der Waals surface area (Å²) >= 11 is 0. The molecule has 0 fully saturated rings. The highest BCUT2D eigenvalue weighted by molar-refractivity contribution is 6.40. The normalized spacial score (nSPS) is 9.64. The molecule has 51 heteroatoms. The second kappa shape index (κ2) is 60.5. The molecule has 2 aromatic carbocycles. The van der Waals surface area contributed by atoms with Crippen LogP contribution in [0.15, 0.2) is 90.0 Å². The Balaban J connectivity index is -0.000000153. The number of nitrogens with one attached hydrogen (secondary N) is 4. The molecular formula is C63H77F3N6O42. The average molecular weight is 1650 g/mol. The van der Waals surface area contributed by atoms with Gasteiger partial charge in [-0.1, -0.05) is 74.7 Å². The number of hydrogen-bond acceptors (Lipinski definition) is 26. The van der Waals surface area contributed by atoms with Crippen molar-refractivity contribution >= 4 is 155 Å². The number of aliphatic carboxylic acids is 14. The van der Waals surface area contributed by atoms with Gasteiger partial charge in [-0.25, -0.2) is 38.4 Å². The Kier molecular flexibility index (Phi) is 62.0. The van der Waals surface area contributed by atoms with Crippen LogP contribution in [0.3, 0.4) is 0 Å². The first-order valence-electron chi connectivity index (χ1n) is 29.5. The number of carbonyl (C=O) groups excluding carboxylic acids is 10. The third-order valence-electron chi connectivity index (χ3n) is 10.7. The van der Waals surface area contributed by atoms with Crippen molar-refractivity contribution < 1.29 is 220 Å². The lowest BCUT2D eigenvalue weighted by Gasteiger charge is -2.23. The number of carboxylic acid groups (broad SMARTS) is 16. The Hall–Kier alpha value is -15.5. The highest BCUT2D eigenvalue weighted by Crippen LogP contribution is 2.30. The number of nitrogens with two attached hydrogens (primary N) is 2. The van der Waals surface area contributed by atoms with Crippen LogP contribution in [-0.2, 0) is 115 Å². The lowest BCUT2D eigenvalue weighted by molar-refractivity contribution is -0.175. The minimum Gasteiger partial charge on any atom is -0.481 e. The van der Waals surface area contributed by atoms with Crippen molar-refractivity contribution in [3.05, 3.63) is 107 Å². The number of amides is 10. The van der Waals surface area contributed by atoms with Crippen LogP contribution in [0.2, 0.25) is 0 Å². The summed E-state index contributed by atoms with van der Waals surface area (Å²) in [7, 11) is 0.